The van der Waals surface area contributed by atoms with Crippen LogP contribution in [0.3, 0.4) is 0 Å². The predicted molar refractivity (Wildman–Crippen MR) is 160 cm³/mol. The standard InChI is InChI=1S/C30H28N2O7S2/c1-3-37-25-16-21(8-13-24(25)38-15-14-27(33)34)17-26-29(36)32(30(40)41-26)31-28(35)22-9-11-23(12-10-22)39-18-20-6-4-19(2)5-7-20/h4-13,16-17H,3,14-15,18H2,1-2H3,(H,31,35)(H,33,34)/b26-17+. The molecule has 0 saturated carbocycles. The number of aryl methyl sites for hydroxylation is 1. The number of carbonyl (C=O) groups excluding carboxylic acids is 2. The van der Waals surface area contributed by atoms with E-state index in [0.29, 0.717) is 46.5 Å². The van der Waals surface area contributed by atoms with Crippen molar-refractivity contribution in [2.24, 2.45) is 0 Å². The van der Waals surface area contributed by atoms with Crippen molar-refractivity contribution in [3.8, 4) is 17.2 Å². The Bertz CT molecular complexity index is 1470. The molecule has 0 radical (unpaired) electrons. The van der Waals surface area contributed by atoms with Gasteiger partial charge in [0.15, 0.2) is 15.8 Å². The van der Waals surface area contributed by atoms with Crippen LogP contribution in [0.1, 0.15) is 40.4 Å². The summed E-state index contributed by atoms with van der Waals surface area (Å²) >= 11 is 6.40. The van der Waals surface area contributed by atoms with E-state index in [1.54, 1.807) is 48.5 Å². The molecule has 1 heterocycles. The summed E-state index contributed by atoms with van der Waals surface area (Å²) in [6.07, 6.45) is 1.49. The molecule has 3 aromatic carbocycles. The number of amides is 2. The average Bonchev–Trinajstić information content (AvgIpc) is 3.21. The molecule has 0 atom stereocenters. The Hall–Kier alpha value is -4.35. The molecule has 0 unspecified atom stereocenters. The summed E-state index contributed by atoms with van der Waals surface area (Å²) in [4.78, 5) is 37.0. The van der Waals surface area contributed by atoms with E-state index < -0.39 is 17.8 Å². The van der Waals surface area contributed by atoms with Gasteiger partial charge < -0.3 is 19.3 Å². The largest absolute Gasteiger partial charge is 0.490 e. The number of benzene rings is 3. The summed E-state index contributed by atoms with van der Waals surface area (Å²) in [5.41, 5.74) is 5.77. The second-order valence-electron chi connectivity index (χ2n) is 8.89. The van der Waals surface area contributed by atoms with Gasteiger partial charge in [-0.2, -0.15) is 5.01 Å². The van der Waals surface area contributed by atoms with E-state index >= 15 is 0 Å². The summed E-state index contributed by atoms with van der Waals surface area (Å²) in [5.74, 6) is -0.493. The first-order chi connectivity index (χ1) is 19.7. The fraction of sp³-hybridized carbons (Fsp3) is 0.200. The molecule has 1 fully saturated rings. The lowest BCUT2D eigenvalue weighted by Crippen LogP contribution is -2.44. The summed E-state index contributed by atoms with van der Waals surface area (Å²) in [6, 6.07) is 19.7. The van der Waals surface area contributed by atoms with E-state index in [1.165, 1.54) is 5.56 Å². The number of carbonyl (C=O) groups is 3. The first kappa shape index (κ1) is 29.6. The van der Waals surface area contributed by atoms with Gasteiger partial charge in [0.2, 0.25) is 0 Å². The highest BCUT2D eigenvalue weighted by atomic mass is 32.2. The molecule has 0 spiro atoms. The van der Waals surface area contributed by atoms with Gasteiger partial charge in [-0.25, -0.2) is 0 Å². The van der Waals surface area contributed by atoms with Gasteiger partial charge in [0.1, 0.15) is 12.4 Å². The average molecular weight is 593 g/mol. The van der Waals surface area contributed by atoms with Gasteiger partial charge in [0.25, 0.3) is 11.8 Å². The van der Waals surface area contributed by atoms with Crippen molar-refractivity contribution in [2.45, 2.75) is 26.9 Å². The van der Waals surface area contributed by atoms with Crippen LogP contribution in [0.5, 0.6) is 17.2 Å². The van der Waals surface area contributed by atoms with Crippen molar-refractivity contribution >= 4 is 52.2 Å². The molecule has 212 valence electrons. The number of rotatable bonds is 12. The number of carboxylic acid groups (broad SMARTS) is 1. The molecule has 2 N–H and O–H groups in total. The lowest BCUT2D eigenvalue weighted by atomic mass is 10.1. The Labute approximate surface area is 247 Å². The molecule has 1 aliphatic rings. The van der Waals surface area contributed by atoms with Gasteiger partial charge in [0.05, 0.1) is 24.5 Å². The molecule has 9 nitrogen and oxygen atoms in total. The molecule has 0 aromatic heterocycles. The molecule has 2 amide bonds. The van der Waals surface area contributed by atoms with Crippen LogP contribution in [0.25, 0.3) is 6.08 Å². The molecular formula is C30H28N2O7S2. The smallest absolute Gasteiger partial charge is 0.306 e. The Kier molecular flexibility index (Phi) is 9.99. The van der Waals surface area contributed by atoms with E-state index in [1.807, 2.05) is 38.1 Å². The van der Waals surface area contributed by atoms with Crippen LogP contribution in [0.2, 0.25) is 0 Å². The zero-order valence-electron chi connectivity index (χ0n) is 22.4. The Morgan fingerprint density at radius 2 is 1.73 bits per heavy atom. The molecule has 1 aliphatic heterocycles. The molecular weight excluding hydrogens is 564 g/mol. The first-order valence-corrected chi connectivity index (χ1v) is 13.9. The number of hydrogen-bond acceptors (Lipinski definition) is 8. The van der Waals surface area contributed by atoms with Crippen molar-refractivity contribution < 1.29 is 33.7 Å². The van der Waals surface area contributed by atoms with Gasteiger partial charge in [-0.3, -0.25) is 19.8 Å². The van der Waals surface area contributed by atoms with Crippen molar-refractivity contribution in [2.75, 3.05) is 13.2 Å². The highest BCUT2D eigenvalue weighted by molar-refractivity contribution is 8.26. The zero-order valence-corrected chi connectivity index (χ0v) is 24.1. The number of nitrogens with zero attached hydrogens (tertiary/aromatic N) is 1. The fourth-order valence-corrected chi connectivity index (χ4v) is 4.86. The number of carboxylic acids is 1. The minimum Gasteiger partial charge on any atom is -0.490 e. The maximum absolute atomic E-state index is 13.1. The van der Waals surface area contributed by atoms with Crippen molar-refractivity contribution in [1.29, 1.82) is 0 Å². The summed E-state index contributed by atoms with van der Waals surface area (Å²) < 4.78 is 17.1. The van der Waals surface area contributed by atoms with E-state index in [-0.39, 0.29) is 17.3 Å². The predicted octanol–water partition coefficient (Wildman–Crippen LogP) is 5.37. The van der Waals surface area contributed by atoms with E-state index in [0.717, 1.165) is 22.3 Å². The Morgan fingerprint density at radius 1 is 1.00 bits per heavy atom. The molecule has 4 rings (SSSR count). The molecule has 1 saturated heterocycles. The zero-order chi connectivity index (χ0) is 29.4. The number of ether oxygens (including phenoxy) is 3. The lowest BCUT2D eigenvalue weighted by Gasteiger charge is -2.16. The van der Waals surface area contributed by atoms with E-state index in [9.17, 15) is 14.4 Å². The van der Waals surface area contributed by atoms with Gasteiger partial charge >= 0.3 is 5.97 Å². The van der Waals surface area contributed by atoms with Crippen LogP contribution < -0.4 is 19.6 Å². The normalized spacial score (nSPS) is 13.8. The number of thioether (sulfide) groups is 1. The highest BCUT2D eigenvalue weighted by Gasteiger charge is 2.34. The highest BCUT2D eigenvalue weighted by Crippen LogP contribution is 2.34. The quantitative estimate of drug-likeness (QED) is 0.212. The monoisotopic (exact) mass is 592 g/mol. The number of aliphatic carboxylic acids is 1. The van der Waals surface area contributed by atoms with Gasteiger partial charge in [-0.05, 0) is 79.7 Å². The van der Waals surface area contributed by atoms with Crippen molar-refractivity contribution in [3.05, 3.63) is 93.9 Å². The summed E-state index contributed by atoms with van der Waals surface area (Å²) in [6.45, 7) is 4.60. The number of hydrazine groups is 1. The topological polar surface area (TPSA) is 114 Å². The number of hydrogen-bond donors (Lipinski definition) is 2. The van der Waals surface area contributed by atoms with Crippen LogP contribution in [-0.2, 0) is 16.2 Å². The molecule has 3 aromatic rings. The summed E-state index contributed by atoms with van der Waals surface area (Å²) in [7, 11) is 0. The Morgan fingerprint density at radius 3 is 2.41 bits per heavy atom. The van der Waals surface area contributed by atoms with Gasteiger partial charge in [-0.15, -0.1) is 0 Å². The fourth-order valence-electron chi connectivity index (χ4n) is 3.69. The molecule has 0 aliphatic carbocycles. The van der Waals surface area contributed by atoms with E-state index in [2.05, 4.69) is 5.43 Å². The minimum atomic E-state index is -0.964. The third-order valence-corrected chi connectivity index (χ3v) is 7.09. The SMILES string of the molecule is CCOc1cc(/C=C2/SC(=S)N(NC(=O)c3ccc(OCc4ccc(C)cc4)cc3)C2=O)ccc1OCCC(=O)O. The summed E-state index contributed by atoms with van der Waals surface area (Å²) in [5, 5.41) is 9.87. The second-order valence-corrected chi connectivity index (χ2v) is 10.6. The molecule has 41 heavy (non-hydrogen) atoms. The van der Waals surface area contributed by atoms with Crippen LogP contribution >= 0.6 is 24.0 Å². The lowest BCUT2D eigenvalue weighted by molar-refractivity contribution is -0.137. The molecule has 0 bridgehead atoms. The van der Waals surface area contributed by atoms with Gasteiger partial charge in [-0.1, -0.05) is 47.7 Å². The van der Waals surface area contributed by atoms with Crippen molar-refractivity contribution in [3.63, 3.8) is 0 Å². The number of nitrogens with one attached hydrogen (secondary N) is 1. The minimum absolute atomic E-state index is 0.00368. The van der Waals surface area contributed by atoms with E-state index in [4.69, 9.17) is 31.5 Å². The van der Waals surface area contributed by atoms with Crippen LogP contribution in [0.15, 0.2) is 71.6 Å². The Balaban J connectivity index is 1.38. The van der Waals surface area contributed by atoms with Crippen LogP contribution in [-0.4, -0.2) is 45.4 Å². The van der Waals surface area contributed by atoms with Gasteiger partial charge in [0, 0.05) is 5.56 Å². The second kappa shape index (κ2) is 13.8. The third-order valence-electron chi connectivity index (χ3n) is 5.79. The first-order valence-electron chi connectivity index (χ1n) is 12.7. The van der Waals surface area contributed by atoms with Crippen LogP contribution in [0.4, 0.5) is 0 Å². The maximum Gasteiger partial charge on any atom is 0.306 e. The van der Waals surface area contributed by atoms with Crippen LogP contribution in [0, 0.1) is 6.92 Å². The van der Waals surface area contributed by atoms with Crippen molar-refractivity contribution in [1.82, 2.24) is 10.4 Å². The maximum atomic E-state index is 13.1. The molecule has 11 heteroatoms. The third kappa shape index (κ3) is 8.09. The number of thiocarbonyl (C=S) groups is 1.